The monoisotopic (exact) mass is 179 g/mol. The molecule has 0 radical (unpaired) electrons. The topological polar surface area (TPSA) is 21.6 Å². The summed E-state index contributed by atoms with van der Waals surface area (Å²) in [5, 5.41) is 2.32. The Balaban J connectivity index is 3.14. The Labute approximate surface area is 76.9 Å². The highest BCUT2D eigenvalue weighted by molar-refractivity contribution is 7.78. The fourth-order valence-electron chi connectivity index (χ4n) is 0.964. The molecule has 1 rings (SSSR count). The van der Waals surface area contributed by atoms with Crippen molar-refractivity contribution >= 4 is 23.1 Å². The van der Waals surface area contributed by atoms with E-state index in [0.29, 0.717) is 0 Å². The van der Waals surface area contributed by atoms with Crippen molar-refractivity contribution in [2.24, 2.45) is 4.99 Å². The van der Waals surface area contributed by atoms with Gasteiger partial charge in [0.25, 0.3) is 0 Å². The van der Waals surface area contributed by atoms with Gasteiger partial charge >= 0.3 is 0 Å². The molecular weight excluding hydrogens is 170 g/mol. The number of nitrogens with zero attached hydrogens (tertiary/aromatic N) is 1. The van der Waals surface area contributed by atoms with Gasteiger partial charge in [0.1, 0.15) is 5.75 Å². The summed E-state index contributed by atoms with van der Waals surface area (Å²) in [4.78, 5) is 3.86. The van der Waals surface area contributed by atoms with Crippen LogP contribution in [0, 0.1) is 6.92 Å². The smallest absolute Gasteiger partial charge is 0.121 e. The van der Waals surface area contributed by atoms with E-state index in [4.69, 9.17) is 4.74 Å². The maximum Gasteiger partial charge on any atom is 0.121 e. The van der Waals surface area contributed by atoms with E-state index in [2.05, 4.69) is 22.4 Å². The van der Waals surface area contributed by atoms with Gasteiger partial charge in [0.15, 0.2) is 0 Å². The normalized spacial score (nSPS) is 8.83. The Morgan fingerprint density at radius 1 is 1.42 bits per heavy atom. The number of hydrogen-bond acceptors (Lipinski definition) is 3. The van der Waals surface area contributed by atoms with Gasteiger partial charge in [-0.25, -0.2) is 0 Å². The Morgan fingerprint density at radius 2 is 2.17 bits per heavy atom. The summed E-state index contributed by atoms with van der Waals surface area (Å²) >= 11 is 4.50. The third-order valence-corrected chi connectivity index (χ3v) is 1.54. The molecule has 1 aromatic rings. The zero-order chi connectivity index (χ0) is 8.97. The van der Waals surface area contributed by atoms with Crippen LogP contribution < -0.4 is 4.74 Å². The van der Waals surface area contributed by atoms with Gasteiger partial charge in [0, 0.05) is 6.07 Å². The Bertz CT molecular complexity index is 329. The summed E-state index contributed by atoms with van der Waals surface area (Å²) in [7, 11) is 1.62. The summed E-state index contributed by atoms with van der Waals surface area (Å²) in [6.45, 7) is 1.98. The molecule has 2 nitrogen and oxygen atoms in total. The van der Waals surface area contributed by atoms with Crippen LogP contribution in [0.5, 0.6) is 5.75 Å². The van der Waals surface area contributed by atoms with Gasteiger partial charge in [0.05, 0.1) is 18.0 Å². The molecule has 0 heterocycles. The summed E-state index contributed by atoms with van der Waals surface area (Å²) < 4.78 is 5.06. The van der Waals surface area contributed by atoms with Gasteiger partial charge in [-0.05, 0) is 36.8 Å². The molecule has 0 aliphatic heterocycles. The SMILES string of the molecule is COc1cc(C)cc(N=C=S)c1. The van der Waals surface area contributed by atoms with Gasteiger partial charge < -0.3 is 4.74 Å². The highest BCUT2D eigenvalue weighted by Gasteiger charge is 1.95. The standard InChI is InChI=1S/C9H9NOS/c1-7-3-8(10-6-12)5-9(4-7)11-2/h3-5H,1-2H3. The molecule has 62 valence electrons. The highest BCUT2D eigenvalue weighted by atomic mass is 32.1. The van der Waals surface area contributed by atoms with Crippen molar-refractivity contribution in [3.8, 4) is 5.75 Å². The molecule has 0 fully saturated rings. The Kier molecular flexibility index (Phi) is 2.97. The van der Waals surface area contributed by atoms with E-state index < -0.39 is 0 Å². The molecular formula is C9H9NOS. The first kappa shape index (κ1) is 8.91. The lowest BCUT2D eigenvalue weighted by atomic mass is 10.2. The lowest BCUT2D eigenvalue weighted by Crippen LogP contribution is -1.82. The van der Waals surface area contributed by atoms with Crippen molar-refractivity contribution in [1.82, 2.24) is 0 Å². The minimum Gasteiger partial charge on any atom is -0.497 e. The molecule has 0 N–H and O–H groups in total. The maximum absolute atomic E-state index is 5.06. The zero-order valence-corrected chi connectivity index (χ0v) is 7.81. The number of thiocarbonyl (C=S) groups is 1. The fraction of sp³-hybridized carbons (Fsp3) is 0.222. The van der Waals surface area contributed by atoms with E-state index in [1.807, 2.05) is 25.1 Å². The van der Waals surface area contributed by atoms with Gasteiger partial charge in [0.2, 0.25) is 0 Å². The van der Waals surface area contributed by atoms with Gasteiger partial charge in [-0.3, -0.25) is 0 Å². The lowest BCUT2D eigenvalue weighted by Gasteiger charge is -2.01. The minimum atomic E-state index is 0.779. The molecule has 0 aliphatic carbocycles. The highest BCUT2D eigenvalue weighted by Crippen LogP contribution is 2.21. The third-order valence-electron chi connectivity index (χ3n) is 1.45. The van der Waals surface area contributed by atoms with Crippen LogP contribution in [0.25, 0.3) is 0 Å². The second-order valence-corrected chi connectivity index (χ2v) is 2.59. The van der Waals surface area contributed by atoms with Crippen LogP contribution in [0.4, 0.5) is 5.69 Å². The summed E-state index contributed by atoms with van der Waals surface area (Å²) in [6.07, 6.45) is 0. The van der Waals surface area contributed by atoms with E-state index in [1.54, 1.807) is 7.11 Å². The molecule has 1 aromatic carbocycles. The predicted molar refractivity (Wildman–Crippen MR) is 52.4 cm³/mol. The van der Waals surface area contributed by atoms with Crippen LogP contribution in [0.1, 0.15) is 5.56 Å². The first-order valence-electron chi connectivity index (χ1n) is 3.50. The third kappa shape index (κ3) is 2.16. The average molecular weight is 179 g/mol. The van der Waals surface area contributed by atoms with Crippen LogP contribution >= 0.6 is 12.2 Å². The quantitative estimate of drug-likeness (QED) is 0.514. The summed E-state index contributed by atoms with van der Waals surface area (Å²) in [5.74, 6) is 0.791. The molecule has 0 spiro atoms. The van der Waals surface area contributed by atoms with E-state index in [-0.39, 0.29) is 0 Å². The molecule has 0 aliphatic rings. The fourth-order valence-corrected chi connectivity index (χ4v) is 1.07. The number of benzene rings is 1. The van der Waals surface area contributed by atoms with Crippen molar-refractivity contribution < 1.29 is 4.74 Å². The van der Waals surface area contributed by atoms with Gasteiger partial charge in [-0.15, -0.1) is 0 Å². The Hall–Kier alpha value is -1.18. The molecule has 0 saturated carbocycles. The number of isothiocyanates is 1. The van der Waals surface area contributed by atoms with E-state index in [9.17, 15) is 0 Å². The number of aryl methyl sites for hydroxylation is 1. The summed E-state index contributed by atoms with van der Waals surface area (Å²) in [5.41, 5.74) is 1.88. The summed E-state index contributed by atoms with van der Waals surface area (Å²) in [6, 6.07) is 5.66. The molecule has 0 atom stereocenters. The minimum absolute atomic E-state index is 0.779. The maximum atomic E-state index is 5.06. The van der Waals surface area contributed by atoms with Crippen molar-refractivity contribution in [2.75, 3.05) is 7.11 Å². The van der Waals surface area contributed by atoms with E-state index >= 15 is 0 Å². The van der Waals surface area contributed by atoms with Crippen LogP contribution in [0.3, 0.4) is 0 Å². The average Bonchev–Trinajstić information content (AvgIpc) is 2.04. The molecule has 0 amide bonds. The zero-order valence-electron chi connectivity index (χ0n) is 7.00. The number of rotatable bonds is 2. The largest absolute Gasteiger partial charge is 0.497 e. The van der Waals surface area contributed by atoms with Gasteiger partial charge in [-0.1, -0.05) is 0 Å². The van der Waals surface area contributed by atoms with Gasteiger partial charge in [-0.2, -0.15) is 4.99 Å². The molecule has 0 aromatic heterocycles. The number of ether oxygens (including phenoxy) is 1. The van der Waals surface area contributed by atoms with Crippen molar-refractivity contribution in [3.63, 3.8) is 0 Å². The molecule has 0 saturated heterocycles. The van der Waals surface area contributed by atoms with Crippen LogP contribution in [0.15, 0.2) is 23.2 Å². The van der Waals surface area contributed by atoms with Crippen LogP contribution in [-0.4, -0.2) is 12.3 Å². The van der Waals surface area contributed by atoms with Crippen LogP contribution in [0.2, 0.25) is 0 Å². The van der Waals surface area contributed by atoms with Crippen molar-refractivity contribution in [1.29, 1.82) is 0 Å². The van der Waals surface area contributed by atoms with E-state index in [1.165, 1.54) is 0 Å². The number of aliphatic imine (C=N–C) groups is 1. The second-order valence-electron chi connectivity index (χ2n) is 2.41. The Morgan fingerprint density at radius 3 is 2.75 bits per heavy atom. The molecule has 0 bridgehead atoms. The molecule has 3 heteroatoms. The number of methoxy groups -OCH3 is 1. The first-order chi connectivity index (χ1) is 5.76. The van der Waals surface area contributed by atoms with Crippen molar-refractivity contribution in [3.05, 3.63) is 23.8 Å². The molecule has 12 heavy (non-hydrogen) atoms. The van der Waals surface area contributed by atoms with Crippen molar-refractivity contribution in [2.45, 2.75) is 6.92 Å². The van der Waals surface area contributed by atoms with Crippen LogP contribution in [-0.2, 0) is 0 Å². The van der Waals surface area contributed by atoms with E-state index in [0.717, 1.165) is 17.0 Å². The number of hydrogen-bond donors (Lipinski definition) is 0. The lowest BCUT2D eigenvalue weighted by molar-refractivity contribution is 0.414. The first-order valence-corrected chi connectivity index (χ1v) is 3.90. The second kappa shape index (κ2) is 4.00. The molecule has 0 unspecified atom stereocenters. The predicted octanol–water partition coefficient (Wildman–Crippen LogP) is 2.74.